The monoisotopic (exact) mass is 498 g/mol. The lowest BCUT2D eigenvalue weighted by molar-refractivity contribution is -0.133. The average molecular weight is 499 g/mol. The maximum Gasteiger partial charge on any atom is 0.250 e. The summed E-state index contributed by atoms with van der Waals surface area (Å²) in [6.07, 6.45) is 6.01. The Morgan fingerprint density at radius 2 is 1.82 bits per heavy atom. The van der Waals surface area contributed by atoms with E-state index in [2.05, 4.69) is 9.71 Å². The van der Waals surface area contributed by atoms with Crippen molar-refractivity contribution < 1.29 is 13.2 Å². The molecule has 2 aromatic heterocycles. The predicted octanol–water partition coefficient (Wildman–Crippen LogP) is 3.56. The molecular weight excluding hydrogens is 468 g/mol. The number of nitrogens with two attached hydrogens (primary N) is 1. The van der Waals surface area contributed by atoms with Crippen LogP contribution in [0.4, 0.5) is 0 Å². The highest BCUT2D eigenvalue weighted by Gasteiger charge is 2.32. The molecule has 0 bridgehead atoms. The number of hydrogen-bond donors (Lipinski definition) is 2. The number of rotatable bonds is 9. The molecule has 9 heteroatoms. The van der Waals surface area contributed by atoms with E-state index < -0.39 is 16.1 Å². The largest absolute Gasteiger partial charge is 0.341 e. The summed E-state index contributed by atoms with van der Waals surface area (Å²) in [4.78, 5) is 20.2. The quantitative estimate of drug-likeness (QED) is 0.469. The van der Waals surface area contributed by atoms with Crippen LogP contribution in [-0.2, 0) is 27.8 Å². The number of benzene rings is 1. The molecule has 1 atom stereocenters. The van der Waals surface area contributed by atoms with Gasteiger partial charge in [0.2, 0.25) is 5.91 Å². The molecule has 1 amide bonds. The lowest BCUT2D eigenvalue weighted by atomic mass is 10.0. The Morgan fingerprint density at radius 3 is 2.47 bits per heavy atom. The molecule has 1 fully saturated rings. The molecule has 180 valence electrons. The van der Waals surface area contributed by atoms with Crippen molar-refractivity contribution in [3.05, 3.63) is 71.9 Å². The molecule has 0 saturated heterocycles. The second-order valence-corrected chi connectivity index (χ2v) is 11.6. The molecule has 34 heavy (non-hydrogen) atoms. The highest BCUT2D eigenvalue weighted by Crippen LogP contribution is 2.30. The Morgan fingerprint density at radius 1 is 1.12 bits per heavy atom. The van der Waals surface area contributed by atoms with Crippen LogP contribution in [0.2, 0.25) is 0 Å². The number of carbonyl (C=O) groups excluding carboxylic acids is 1. The summed E-state index contributed by atoms with van der Waals surface area (Å²) in [5.41, 5.74) is 8.26. The van der Waals surface area contributed by atoms with Gasteiger partial charge in [-0.25, -0.2) is 8.42 Å². The average Bonchev–Trinajstić information content (AvgIpc) is 3.57. The van der Waals surface area contributed by atoms with Gasteiger partial charge < -0.3 is 10.6 Å². The van der Waals surface area contributed by atoms with Gasteiger partial charge in [-0.15, -0.1) is 11.3 Å². The first-order chi connectivity index (χ1) is 16.4. The van der Waals surface area contributed by atoms with Crippen molar-refractivity contribution in [1.82, 2.24) is 14.6 Å². The molecular formula is C25H30N4O3S2. The van der Waals surface area contributed by atoms with E-state index in [0.717, 1.165) is 53.0 Å². The standard InChI is InChI=1S/C25H30N4O3S2/c1-29(20-6-2-3-7-20)25(30)22(16-18-9-11-19(17-26)12-10-18)28-34(31,32)24-14-13-23(33-24)21-8-4-5-15-27-21/h4-5,8-15,20,22,28H,2-3,6-7,16-17,26H2,1H3/t22-/m0/s1. The normalized spacial score (nSPS) is 15.4. The number of likely N-dealkylation sites (N-methyl/N-ethyl adjacent to an activating group) is 1. The minimum atomic E-state index is -3.91. The van der Waals surface area contributed by atoms with Gasteiger partial charge in [0.25, 0.3) is 10.0 Å². The number of nitrogens with one attached hydrogen (secondary N) is 1. The Hall–Kier alpha value is -2.59. The summed E-state index contributed by atoms with van der Waals surface area (Å²) in [5, 5.41) is 0. The molecule has 0 spiro atoms. The number of carbonyl (C=O) groups is 1. The maximum atomic E-state index is 13.5. The van der Waals surface area contributed by atoms with Crippen molar-refractivity contribution in [3.63, 3.8) is 0 Å². The number of aromatic nitrogens is 1. The van der Waals surface area contributed by atoms with Crippen molar-refractivity contribution in [1.29, 1.82) is 0 Å². The summed E-state index contributed by atoms with van der Waals surface area (Å²) in [6.45, 7) is 0.427. The van der Waals surface area contributed by atoms with E-state index in [-0.39, 0.29) is 22.6 Å². The van der Waals surface area contributed by atoms with Crippen LogP contribution in [0.15, 0.2) is 65.0 Å². The number of pyridine rings is 1. The summed E-state index contributed by atoms with van der Waals surface area (Å²) < 4.78 is 29.5. The number of hydrogen-bond acceptors (Lipinski definition) is 6. The lowest BCUT2D eigenvalue weighted by Crippen LogP contribution is -2.50. The summed E-state index contributed by atoms with van der Waals surface area (Å²) >= 11 is 1.14. The highest BCUT2D eigenvalue weighted by molar-refractivity contribution is 7.91. The Kier molecular flexibility index (Phi) is 7.77. The van der Waals surface area contributed by atoms with Gasteiger partial charge in [-0.3, -0.25) is 9.78 Å². The zero-order valence-corrected chi connectivity index (χ0v) is 20.8. The molecule has 1 saturated carbocycles. The number of amides is 1. The fourth-order valence-corrected chi connectivity index (χ4v) is 6.79. The third kappa shape index (κ3) is 5.72. The molecule has 3 N–H and O–H groups in total. The Labute approximate surface area is 205 Å². The Balaban J connectivity index is 1.58. The van der Waals surface area contributed by atoms with Gasteiger partial charge in [0.15, 0.2) is 0 Å². The van der Waals surface area contributed by atoms with Crippen LogP contribution in [0.3, 0.4) is 0 Å². The van der Waals surface area contributed by atoms with Crippen LogP contribution in [-0.4, -0.2) is 43.3 Å². The van der Waals surface area contributed by atoms with E-state index in [1.54, 1.807) is 30.3 Å². The molecule has 4 rings (SSSR count). The van der Waals surface area contributed by atoms with Crippen LogP contribution in [0.5, 0.6) is 0 Å². The molecule has 3 aromatic rings. The molecule has 0 aliphatic heterocycles. The van der Waals surface area contributed by atoms with Gasteiger partial charge in [0.1, 0.15) is 10.3 Å². The van der Waals surface area contributed by atoms with Crippen molar-refractivity contribution in [2.75, 3.05) is 7.05 Å². The van der Waals surface area contributed by atoms with E-state index in [1.807, 2.05) is 42.5 Å². The van der Waals surface area contributed by atoms with Crippen molar-refractivity contribution in [2.45, 2.75) is 54.9 Å². The van der Waals surface area contributed by atoms with E-state index in [9.17, 15) is 13.2 Å². The summed E-state index contributed by atoms with van der Waals surface area (Å²) in [5.74, 6) is -0.208. The fraction of sp³-hybridized carbons (Fsp3) is 0.360. The molecule has 1 aliphatic carbocycles. The zero-order valence-electron chi connectivity index (χ0n) is 19.2. The second-order valence-electron chi connectivity index (χ2n) is 8.62. The smallest absolute Gasteiger partial charge is 0.250 e. The third-order valence-corrected chi connectivity index (χ3v) is 9.35. The lowest BCUT2D eigenvalue weighted by Gasteiger charge is -2.29. The van der Waals surface area contributed by atoms with Gasteiger partial charge in [0, 0.05) is 25.8 Å². The van der Waals surface area contributed by atoms with Crippen LogP contribution in [0.25, 0.3) is 10.6 Å². The molecule has 1 aliphatic rings. The molecule has 1 aromatic carbocycles. The minimum absolute atomic E-state index is 0.150. The van der Waals surface area contributed by atoms with Gasteiger partial charge in [-0.05, 0) is 54.7 Å². The van der Waals surface area contributed by atoms with E-state index in [4.69, 9.17) is 5.73 Å². The van der Waals surface area contributed by atoms with Crippen molar-refractivity contribution in [2.24, 2.45) is 5.73 Å². The first kappa shape index (κ1) is 24.5. The van der Waals surface area contributed by atoms with E-state index in [0.29, 0.717) is 12.2 Å². The molecule has 2 heterocycles. The third-order valence-electron chi connectivity index (χ3n) is 6.28. The van der Waals surface area contributed by atoms with Crippen molar-refractivity contribution >= 4 is 27.3 Å². The van der Waals surface area contributed by atoms with Gasteiger partial charge >= 0.3 is 0 Å². The number of sulfonamides is 1. The first-order valence-electron chi connectivity index (χ1n) is 11.5. The van der Waals surface area contributed by atoms with Crippen LogP contribution >= 0.6 is 11.3 Å². The number of thiophene rings is 1. The van der Waals surface area contributed by atoms with Gasteiger partial charge in [-0.2, -0.15) is 4.72 Å². The topological polar surface area (TPSA) is 105 Å². The molecule has 0 radical (unpaired) electrons. The fourth-order valence-electron chi connectivity index (χ4n) is 4.30. The van der Waals surface area contributed by atoms with Crippen LogP contribution < -0.4 is 10.5 Å². The molecule has 0 unspecified atom stereocenters. The SMILES string of the molecule is CN(C(=O)[C@H](Cc1ccc(CN)cc1)NS(=O)(=O)c1ccc(-c2ccccn2)s1)C1CCCC1. The minimum Gasteiger partial charge on any atom is -0.341 e. The predicted molar refractivity (Wildman–Crippen MR) is 135 cm³/mol. The van der Waals surface area contributed by atoms with E-state index in [1.165, 1.54) is 0 Å². The summed E-state index contributed by atoms with van der Waals surface area (Å²) in [7, 11) is -2.13. The molecule has 7 nitrogen and oxygen atoms in total. The maximum absolute atomic E-state index is 13.5. The second kappa shape index (κ2) is 10.8. The van der Waals surface area contributed by atoms with Crippen LogP contribution in [0, 0.1) is 0 Å². The van der Waals surface area contributed by atoms with Crippen LogP contribution in [0.1, 0.15) is 36.8 Å². The van der Waals surface area contributed by atoms with Crippen molar-refractivity contribution in [3.8, 4) is 10.6 Å². The zero-order chi connectivity index (χ0) is 24.1. The highest BCUT2D eigenvalue weighted by atomic mass is 32.2. The summed E-state index contributed by atoms with van der Waals surface area (Å²) in [6, 6.07) is 15.7. The number of nitrogens with zero attached hydrogens (tertiary/aromatic N) is 2. The van der Waals surface area contributed by atoms with E-state index >= 15 is 0 Å². The first-order valence-corrected chi connectivity index (χ1v) is 13.8. The van der Waals surface area contributed by atoms with Gasteiger partial charge in [0.05, 0.1) is 10.6 Å². The van der Waals surface area contributed by atoms with Gasteiger partial charge in [-0.1, -0.05) is 43.2 Å². The Bertz CT molecular complexity index is 1200.